The average molecular weight is 285 g/mol. The van der Waals surface area contributed by atoms with Gasteiger partial charge in [-0.25, -0.2) is 8.42 Å². The predicted molar refractivity (Wildman–Crippen MR) is 78.1 cm³/mol. The van der Waals surface area contributed by atoms with Gasteiger partial charge in [-0.2, -0.15) is 0 Å². The molecular weight excluding hydrogens is 262 g/mol. The number of sulfone groups is 1. The lowest BCUT2D eigenvalue weighted by atomic mass is 10.1. The second kappa shape index (κ2) is 5.92. The van der Waals surface area contributed by atoms with Crippen LogP contribution in [0, 0.1) is 0 Å². The molecule has 0 saturated heterocycles. The molecule has 4 nitrogen and oxygen atoms in total. The van der Waals surface area contributed by atoms with Crippen molar-refractivity contribution in [2.75, 3.05) is 12.4 Å². The molecule has 108 valence electrons. The van der Waals surface area contributed by atoms with E-state index in [-0.39, 0.29) is 18.4 Å². The van der Waals surface area contributed by atoms with Crippen molar-refractivity contribution in [3.8, 4) is 5.75 Å². The van der Waals surface area contributed by atoms with Crippen LogP contribution < -0.4 is 10.5 Å². The van der Waals surface area contributed by atoms with Gasteiger partial charge in [-0.1, -0.05) is 12.1 Å². The monoisotopic (exact) mass is 285 g/mol. The van der Waals surface area contributed by atoms with Gasteiger partial charge in [0.15, 0.2) is 9.84 Å². The predicted octanol–water partition coefficient (Wildman–Crippen LogP) is 2.30. The zero-order valence-corrected chi connectivity index (χ0v) is 12.8. The van der Waals surface area contributed by atoms with E-state index in [1.165, 1.54) is 0 Å². The minimum Gasteiger partial charge on any atom is -0.493 e. The summed E-state index contributed by atoms with van der Waals surface area (Å²) in [5.74, 6) is 0.665. The van der Waals surface area contributed by atoms with E-state index in [1.54, 1.807) is 26.8 Å². The third-order valence-electron chi connectivity index (χ3n) is 2.94. The van der Waals surface area contributed by atoms with Crippen LogP contribution in [0.3, 0.4) is 0 Å². The van der Waals surface area contributed by atoms with E-state index < -0.39 is 14.6 Å². The fourth-order valence-electron chi connectivity index (χ4n) is 1.46. The molecule has 0 aliphatic rings. The highest BCUT2D eigenvalue weighted by Gasteiger charge is 2.28. The molecule has 0 fully saturated rings. The Kier molecular flexibility index (Phi) is 4.98. The molecule has 0 spiro atoms. The van der Waals surface area contributed by atoms with Crippen molar-refractivity contribution in [1.82, 2.24) is 0 Å². The lowest BCUT2D eigenvalue weighted by Crippen LogP contribution is -2.32. The first kappa shape index (κ1) is 16.0. The lowest BCUT2D eigenvalue weighted by molar-refractivity contribution is 0.339. The zero-order valence-electron chi connectivity index (χ0n) is 12.0. The molecule has 1 atom stereocenters. The molecule has 0 unspecified atom stereocenters. The summed E-state index contributed by atoms with van der Waals surface area (Å²) in [6, 6.07) is 7.35. The molecular formula is C14H23NO3S. The van der Waals surface area contributed by atoms with E-state index in [4.69, 9.17) is 10.5 Å². The van der Waals surface area contributed by atoms with Gasteiger partial charge in [0.1, 0.15) is 12.4 Å². The van der Waals surface area contributed by atoms with Gasteiger partial charge in [-0.3, -0.25) is 0 Å². The molecule has 19 heavy (non-hydrogen) atoms. The minimum atomic E-state index is -3.14. The van der Waals surface area contributed by atoms with E-state index in [9.17, 15) is 8.42 Å². The zero-order chi connectivity index (χ0) is 14.7. The van der Waals surface area contributed by atoms with E-state index in [0.717, 1.165) is 5.56 Å². The molecule has 0 aliphatic heterocycles. The number of rotatable bonds is 5. The van der Waals surface area contributed by atoms with Crippen LogP contribution in [0.4, 0.5) is 0 Å². The van der Waals surface area contributed by atoms with Crippen LogP contribution >= 0.6 is 0 Å². The SMILES string of the molecule is C[C@@H](N)c1cccc(OCCS(=O)(=O)C(C)(C)C)c1. The molecule has 5 heteroatoms. The van der Waals surface area contributed by atoms with Gasteiger partial charge < -0.3 is 10.5 Å². The standard InChI is InChI=1S/C14H23NO3S/c1-11(15)12-6-5-7-13(10-12)18-8-9-19(16,17)14(2,3)4/h5-7,10-11H,8-9,15H2,1-4H3/t11-/m1/s1. The van der Waals surface area contributed by atoms with Crippen molar-refractivity contribution >= 4 is 9.84 Å². The van der Waals surface area contributed by atoms with Gasteiger partial charge >= 0.3 is 0 Å². The van der Waals surface area contributed by atoms with Crippen LogP contribution in [0.15, 0.2) is 24.3 Å². The maximum Gasteiger partial charge on any atom is 0.158 e. The largest absolute Gasteiger partial charge is 0.493 e. The normalized spacial score (nSPS) is 14.2. The van der Waals surface area contributed by atoms with Crippen LogP contribution in [0.5, 0.6) is 5.75 Å². The second-order valence-electron chi connectivity index (χ2n) is 5.64. The Morgan fingerprint density at radius 3 is 2.47 bits per heavy atom. The van der Waals surface area contributed by atoms with Gasteiger partial charge in [-0.05, 0) is 45.4 Å². The molecule has 0 heterocycles. The number of ether oxygens (including phenoxy) is 1. The van der Waals surface area contributed by atoms with Crippen LogP contribution in [-0.2, 0) is 9.84 Å². The van der Waals surface area contributed by atoms with Crippen LogP contribution in [0.25, 0.3) is 0 Å². The molecule has 1 aromatic carbocycles. The van der Waals surface area contributed by atoms with Gasteiger partial charge in [-0.15, -0.1) is 0 Å². The molecule has 0 aromatic heterocycles. The molecule has 0 radical (unpaired) electrons. The highest BCUT2D eigenvalue weighted by atomic mass is 32.2. The van der Waals surface area contributed by atoms with Crippen molar-refractivity contribution in [2.24, 2.45) is 5.73 Å². The molecule has 0 amide bonds. The summed E-state index contributed by atoms with van der Waals surface area (Å²) in [7, 11) is -3.14. The Morgan fingerprint density at radius 2 is 1.95 bits per heavy atom. The second-order valence-corrected chi connectivity index (χ2v) is 8.50. The molecule has 1 rings (SSSR count). The summed E-state index contributed by atoms with van der Waals surface area (Å²) in [6.07, 6.45) is 0. The maximum absolute atomic E-state index is 11.9. The van der Waals surface area contributed by atoms with Crippen molar-refractivity contribution < 1.29 is 13.2 Å². The van der Waals surface area contributed by atoms with Crippen molar-refractivity contribution in [3.05, 3.63) is 29.8 Å². The van der Waals surface area contributed by atoms with Gasteiger partial charge in [0.05, 0.1) is 10.5 Å². The Balaban J connectivity index is 2.62. The third kappa shape index (κ3) is 4.51. The fraction of sp³-hybridized carbons (Fsp3) is 0.571. The Morgan fingerprint density at radius 1 is 1.32 bits per heavy atom. The van der Waals surface area contributed by atoms with E-state index in [2.05, 4.69) is 0 Å². The smallest absolute Gasteiger partial charge is 0.158 e. The first-order chi connectivity index (χ1) is 8.63. The van der Waals surface area contributed by atoms with E-state index in [1.807, 2.05) is 25.1 Å². The molecule has 2 N–H and O–H groups in total. The van der Waals surface area contributed by atoms with Crippen LogP contribution in [0.2, 0.25) is 0 Å². The number of hydrogen-bond donors (Lipinski definition) is 1. The summed E-state index contributed by atoms with van der Waals surface area (Å²) < 4.78 is 28.6. The molecule has 0 saturated carbocycles. The fourth-order valence-corrected chi connectivity index (χ4v) is 2.38. The Hall–Kier alpha value is -1.07. The summed E-state index contributed by atoms with van der Waals surface area (Å²) in [6.45, 7) is 7.13. The highest BCUT2D eigenvalue weighted by molar-refractivity contribution is 7.92. The molecule has 0 aliphatic carbocycles. The molecule has 1 aromatic rings. The maximum atomic E-state index is 11.9. The summed E-state index contributed by atoms with van der Waals surface area (Å²) in [5, 5.41) is 0. The van der Waals surface area contributed by atoms with Crippen molar-refractivity contribution in [3.63, 3.8) is 0 Å². The number of hydrogen-bond acceptors (Lipinski definition) is 4. The van der Waals surface area contributed by atoms with E-state index in [0.29, 0.717) is 5.75 Å². The van der Waals surface area contributed by atoms with Gasteiger partial charge in [0.25, 0.3) is 0 Å². The van der Waals surface area contributed by atoms with Crippen LogP contribution in [0.1, 0.15) is 39.3 Å². The first-order valence-corrected chi connectivity index (χ1v) is 7.99. The Labute approximate surface area is 115 Å². The van der Waals surface area contributed by atoms with Crippen molar-refractivity contribution in [2.45, 2.75) is 38.5 Å². The number of nitrogens with two attached hydrogens (primary N) is 1. The molecule has 0 bridgehead atoms. The minimum absolute atomic E-state index is 0.0128. The van der Waals surface area contributed by atoms with Crippen molar-refractivity contribution in [1.29, 1.82) is 0 Å². The quantitative estimate of drug-likeness (QED) is 0.901. The Bertz CT molecular complexity index is 516. The van der Waals surface area contributed by atoms with Gasteiger partial charge in [0.2, 0.25) is 0 Å². The van der Waals surface area contributed by atoms with Crippen LogP contribution in [-0.4, -0.2) is 25.5 Å². The number of benzene rings is 1. The first-order valence-electron chi connectivity index (χ1n) is 6.34. The van der Waals surface area contributed by atoms with Gasteiger partial charge in [0, 0.05) is 6.04 Å². The summed E-state index contributed by atoms with van der Waals surface area (Å²) in [5.41, 5.74) is 6.75. The summed E-state index contributed by atoms with van der Waals surface area (Å²) in [4.78, 5) is 0. The van der Waals surface area contributed by atoms with E-state index >= 15 is 0 Å². The average Bonchev–Trinajstić information content (AvgIpc) is 2.27. The lowest BCUT2D eigenvalue weighted by Gasteiger charge is -2.19. The highest BCUT2D eigenvalue weighted by Crippen LogP contribution is 2.19. The summed E-state index contributed by atoms with van der Waals surface area (Å²) >= 11 is 0. The topological polar surface area (TPSA) is 69.4 Å². The third-order valence-corrected chi connectivity index (χ3v) is 5.51.